The van der Waals surface area contributed by atoms with Crippen LogP contribution in [0.2, 0.25) is 0 Å². The molecular formula is C11H19FO4. The number of rotatable bonds is 3. The Balaban J connectivity index is 2.33. The summed E-state index contributed by atoms with van der Waals surface area (Å²) in [7, 11) is 1.39. The molecule has 0 amide bonds. The molecule has 4 nitrogen and oxygen atoms in total. The van der Waals surface area contributed by atoms with Gasteiger partial charge in [-0.2, -0.15) is 0 Å². The molecule has 0 aliphatic carbocycles. The highest BCUT2D eigenvalue weighted by molar-refractivity contribution is 5.75. The molecule has 0 bridgehead atoms. The Bertz CT molecular complexity index is 249. The van der Waals surface area contributed by atoms with Crippen molar-refractivity contribution in [1.82, 2.24) is 0 Å². The molecule has 94 valence electrons. The molecule has 1 aliphatic heterocycles. The fourth-order valence-corrected chi connectivity index (χ4v) is 1.39. The molecule has 0 radical (unpaired) electrons. The van der Waals surface area contributed by atoms with Gasteiger partial charge in [-0.25, -0.2) is 4.39 Å². The molecule has 1 heterocycles. The minimum absolute atomic E-state index is 0.0797. The maximum Gasteiger partial charge on any atom is 0.311 e. The molecule has 1 rings (SSSR count). The molecule has 3 atom stereocenters. The Morgan fingerprint density at radius 3 is 2.56 bits per heavy atom. The first-order valence-corrected chi connectivity index (χ1v) is 5.34. The van der Waals surface area contributed by atoms with Crippen LogP contribution in [0.5, 0.6) is 0 Å². The average Bonchev–Trinajstić information content (AvgIpc) is 2.54. The number of alkyl halides is 1. The Kier molecular flexibility index (Phi) is 4.27. The predicted molar refractivity (Wildman–Crippen MR) is 55.6 cm³/mol. The van der Waals surface area contributed by atoms with Crippen LogP contribution in [-0.4, -0.2) is 38.3 Å². The van der Waals surface area contributed by atoms with Gasteiger partial charge < -0.3 is 14.2 Å². The molecule has 0 aromatic heterocycles. The van der Waals surface area contributed by atoms with E-state index in [-0.39, 0.29) is 19.0 Å². The van der Waals surface area contributed by atoms with E-state index in [0.29, 0.717) is 0 Å². The highest BCUT2D eigenvalue weighted by atomic mass is 19.1. The van der Waals surface area contributed by atoms with Gasteiger partial charge in [0.15, 0.2) is 12.5 Å². The minimum Gasteiger partial charge on any atom is -0.463 e. The van der Waals surface area contributed by atoms with Gasteiger partial charge in [-0.3, -0.25) is 4.79 Å². The molecule has 0 spiro atoms. The van der Waals surface area contributed by atoms with E-state index in [4.69, 9.17) is 14.2 Å². The fourth-order valence-electron chi connectivity index (χ4n) is 1.39. The van der Waals surface area contributed by atoms with E-state index in [1.807, 2.05) is 0 Å². The maximum atomic E-state index is 13.2. The van der Waals surface area contributed by atoms with Crippen molar-refractivity contribution < 1.29 is 23.4 Å². The molecule has 1 saturated heterocycles. The lowest BCUT2D eigenvalue weighted by Gasteiger charge is -2.18. The van der Waals surface area contributed by atoms with Gasteiger partial charge in [0.2, 0.25) is 0 Å². The third-order valence-electron chi connectivity index (χ3n) is 2.35. The van der Waals surface area contributed by atoms with E-state index in [9.17, 15) is 9.18 Å². The van der Waals surface area contributed by atoms with E-state index in [1.165, 1.54) is 7.11 Å². The van der Waals surface area contributed by atoms with Gasteiger partial charge in [0.1, 0.15) is 6.61 Å². The summed E-state index contributed by atoms with van der Waals surface area (Å²) in [5, 5.41) is 0. The molecule has 5 heteroatoms. The minimum atomic E-state index is -1.15. The quantitative estimate of drug-likeness (QED) is 0.697. The van der Waals surface area contributed by atoms with Crippen molar-refractivity contribution in [3.05, 3.63) is 0 Å². The topological polar surface area (TPSA) is 44.8 Å². The second-order valence-corrected chi connectivity index (χ2v) is 4.96. The lowest BCUT2D eigenvalue weighted by atomic mass is 9.97. The van der Waals surface area contributed by atoms with E-state index in [2.05, 4.69) is 0 Å². The highest BCUT2D eigenvalue weighted by Gasteiger charge is 2.36. The third kappa shape index (κ3) is 3.42. The van der Waals surface area contributed by atoms with E-state index >= 15 is 0 Å². The van der Waals surface area contributed by atoms with Crippen molar-refractivity contribution in [3.63, 3.8) is 0 Å². The highest BCUT2D eigenvalue weighted by Crippen LogP contribution is 2.24. The van der Waals surface area contributed by atoms with Gasteiger partial charge in [0, 0.05) is 13.5 Å². The van der Waals surface area contributed by atoms with Crippen LogP contribution in [0.1, 0.15) is 27.2 Å². The molecule has 3 unspecified atom stereocenters. The molecule has 0 aromatic carbocycles. The van der Waals surface area contributed by atoms with Gasteiger partial charge in [0.05, 0.1) is 11.5 Å². The van der Waals surface area contributed by atoms with Crippen LogP contribution in [0.15, 0.2) is 0 Å². The second-order valence-electron chi connectivity index (χ2n) is 4.96. The van der Waals surface area contributed by atoms with Gasteiger partial charge in [-0.05, 0) is 20.8 Å². The predicted octanol–water partition coefficient (Wildman–Crippen LogP) is 1.68. The SMILES string of the molecule is COC1OC(COC(=O)C(C)(C)C)CC1F. The van der Waals surface area contributed by atoms with E-state index in [1.54, 1.807) is 20.8 Å². The van der Waals surface area contributed by atoms with Crippen LogP contribution in [0.4, 0.5) is 4.39 Å². The molecule has 1 aliphatic rings. The largest absolute Gasteiger partial charge is 0.463 e. The van der Waals surface area contributed by atoms with Crippen molar-refractivity contribution in [1.29, 1.82) is 0 Å². The zero-order chi connectivity index (χ0) is 12.3. The smallest absolute Gasteiger partial charge is 0.311 e. The van der Waals surface area contributed by atoms with E-state index in [0.717, 1.165) is 0 Å². The van der Waals surface area contributed by atoms with Gasteiger partial charge in [0.25, 0.3) is 0 Å². The summed E-state index contributed by atoms with van der Waals surface area (Å²) in [6, 6.07) is 0. The summed E-state index contributed by atoms with van der Waals surface area (Å²) in [5.41, 5.74) is -0.547. The first kappa shape index (κ1) is 13.4. The number of carbonyl (C=O) groups excluding carboxylic acids is 1. The van der Waals surface area contributed by atoms with Crippen molar-refractivity contribution in [3.8, 4) is 0 Å². The first-order valence-electron chi connectivity index (χ1n) is 5.34. The standard InChI is InChI=1S/C11H19FO4/c1-11(2,3)10(13)15-6-7-5-8(12)9(14-4)16-7/h7-9H,5-6H2,1-4H3. The van der Waals surface area contributed by atoms with Gasteiger partial charge >= 0.3 is 5.97 Å². The average molecular weight is 234 g/mol. The fraction of sp³-hybridized carbons (Fsp3) is 0.909. The van der Waals surface area contributed by atoms with Gasteiger partial charge in [-0.15, -0.1) is 0 Å². The van der Waals surface area contributed by atoms with Crippen LogP contribution in [0.25, 0.3) is 0 Å². The number of esters is 1. The maximum absolute atomic E-state index is 13.2. The van der Waals surface area contributed by atoms with Crippen LogP contribution in [0, 0.1) is 5.41 Å². The summed E-state index contributed by atoms with van der Waals surface area (Å²) < 4.78 is 28.3. The zero-order valence-corrected chi connectivity index (χ0v) is 10.2. The number of halogens is 1. The monoisotopic (exact) mass is 234 g/mol. The van der Waals surface area contributed by atoms with Crippen molar-refractivity contribution in [2.24, 2.45) is 5.41 Å². The van der Waals surface area contributed by atoms with Crippen LogP contribution >= 0.6 is 0 Å². The summed E-state index contributed by atoms with van der Waals surface area (Å²) in [5.74, 6) is -0.313. The van der Waals surface area contributed by atoms with Gasteiger partial charge in [-0.1, -0.05) is 0 Å². The Labute approximate surface area is 95.1 Å². The number of methoxy groups -OCH3 is 1. The summed E-state index contributed by atoms with van der Waals surface area (Å²) >= 11 is 0. The molecule has 1 fully saturated rings. The van der Waals surface area contributed by atoms with Crippen molar-refractivity contribution in [2.45, 2.75) is 45.8 Å². The van der Waals surface area contributed by atoms with Crippen LogP contribution < -0.4 is 0 Å². The van der Waals surface area contributed by atoms with Crippen LogP contribution in [0.3, 0.4) is 0 Å². The van der Waals surface area contributed by atoms with Crippen molar-refractivity contribution >= 4 is 5.97 Å². The summed E-state index contributed by atoms with van der Waals surface area (Å²) in [4.78, 5) is 11.5. The lowest BCUT2D eigenvalue weighted by molar-refractivity contribution is -0.166. The third-order valence-corrected chi connectivity index (χ3v) is 2.35. The normalized spacial score (nSPS) is 30.4. The zero-order valence-electron chi connectivity index (χ0n) is 10.2. The first-order chi connectivity index (χ1) is 7.34. The van der Waals surface area contributed by atoms with Crippen LogP contribution in [-0.2, 0) is 19.0 Å². The molecule has 0 saturated carbocycles. The number of ether oxygens (including phenoxy) is 3. The lowest BCUT2D eigenvalue weighted by Crippen LogP contribution is -2.27. The molecular weight excluding hydrogens is 215 g/mol. The Morgan fingerprint density at radius 1 is 1.50 bits per heavy atom. The number of carbonyl (C=O) groups is 1. The van der Waals surface area contributed by atoms with E-state index < -0.39 is 24.0 Å². The summed E-state index contributed by atoms with van der Waals surface area (Å²) in [6.45, 7) is 5.37. The summed E-state index contributed by atoms with van der Waals surface area (Å²) in [6.07, 6.45) is -2.19. The number of hydrogen-bond acceptors (Lipinski definition) is 4. The Morgan fingerprint density at radius 2 is 2.12 bits per heavy atom. The molecule has 0 aromatic rings. The number of hydrogen-bond donors (Lipinski definition) is 0. The Hall–Kier alpha value is -0.680. The molecule has 0 N–H and O–H groups in total. The molecule has 16 heavy (non-hydrogen) atoms. The van der Waals surface area contributed by atoms with Crippen molar-refractivity contribution in [2.75, 3.05) is 13.7 Å². The second kappa shape index (κ2) is 5.10.